The summed E-state index contributed by atoms with van der Waals surface area (Å²) in [4.78, 5) is 10.5. The first-order chi connectivity index (χ1) is 4.86. The van der Waals surface area contributed by atoms with Crippen molar-refractivity contribution >= 4 is 0 Å². The van der Waals surface area contributed by atoms with E-state index in [1.54, 1.807) is 0 Å². The van der Waals surface area contributed by atoms with Crippen LogP contribution in [-0.4, -0.2) is 0 Å². The topological polar surface area (TPSA) is 43.4 Å². The Labute approximate surface area is 57.6 Å². The Balaban J connectivity index is 2.50. The second-order valence-electron chi connectivity index (χ2n) is 2.24. The van der Waals surface area contributed by atoms with E-state index in [9.17, 15) is 4.79 Å². The van der Waals surface area contributed by atoms with Gasteiger partial charge >= 0.3 is 5.82 Å². The molecule has 0 spiro atoms. The number of hydrogen-bond acceptors (Lipinski definition) is 3. The van der Waals surface area contributed by atoms with Gasteiger partial charge in [0.05, 0.1) is 6.42 Å². The van der Waals surface area contributed by atoms with Gasteiger partial charge in [-0.3, -0.25) is 0 Å². The Hall–Kier alpha value is -0.990. The van der Waals surface area contributed by atoms with Crippen molar-refractivity contribution in [2.24, 2.45) is 0 Å². The number of aryl methyl sites for hydroxylation is 1. The molecule has 0 amide bonds. The lowest BCUT2D eigenvalue weighted by Gasteiger charge is -2.03. The standard InChI is InChI=1S/C7H6O3/c8-7-9-5-3-1-2-4-6(5)10-7/h1-3H2. The van der Waals surface area contributed by atoms with Crippen molar-refractivity contribution in [2.45, 2.75) is 19.3 Å². The highest BCUT2D eigenvalue weighted by atomic mass is 16.6. The Bertz CT molecular complexity index is 255. The van der Waals surface area contributed by atoms with Gasteiger partial charge in [0.1, 0.15) is 0 Å². The summed E-state index contributed by atoms with van der Waals surface area (Å²) in [5.74, 6) is 0.548. The van der Waals surface area contributed by atoms with Crippen LogP contribution in [0.4, 0.5) is 0 Å². The average Bonchev–Trinajstić information content (AvgIpc) is 2.27. The van der Waals surface area contributed by atoms with Crippen molar-refractivity contribution in [1.82, 2.24) is 0 Å². The molecule has 10 heavy (non-hydrogen) atoms. The summed E-state index contributed by atoms with van der Waals surface area (Å²) in [5.41, 5.74) is 0. The van der Waals surface area contributed by atoms with E-state index in [0.717, 1.165) is 19.3 Å². The van der Waals surface area contributed by atoms with Crippen LogP contribution in [0.25, 0.3) is 0 Å². The van der Waals surface area contributed by atoms with Gasteiger partial charge in [0.25, 0.3) is 0 Å². The van der Waals surface area contributed by atoms with Crippen LogP contribution in [0.1, 0.15) is 24.4 Å². The molecule has 0 atom stereocenters. The van der Waals surface area contributed by atoms with Crippen molar-refractivity contribution in [2.75, 3.05) is 0 Å². The summed E-state index contributed by atoms with van der Waals surface area (Å²) < 4.78 is 9.39. The van der Waals surface area contributed by atoms with Gasteiger partial charge in [0.2, 0.25) is 0 Å². The zero-order valence-corrected chi connectivity index (χ0v) is 5.35. The maximum absolute atomic E-state index is 10.5. The molecule has 0 saturated heterocycles. The molecule has 0 saturated carbocycles. The van der Waals surface area contributed by atoms with Gasteiger partial charge in [-0.1, -0.05) is 0 Å². The van der Waals surface area contributed by atoms with E-state index in [4.69, 9.17) is 4.42 Å². The molecule has 0 fully saturated rings. The van der Waals surface area contributed by atoms with Crippen LogP contribution < -0.4 is 5.82 Å². The van der Waals surface area contributed by atoms with E-state index in [1.807, 2.05) is 0 Å². The molecule has 0 unspecified atom stereocenters. The van der Waals surface area contributed by atoms with Gasteiger partial charge in [-0.05, 0) is 12.8 Å². The molecule has 1 aromatic heterocycles. The lowest BCUT2D eigenvalue weighted by atomic mass is 10.0. The minimum absolute atomic E-state index is 0.510. The quantitative estimate of drug-likeness (QED) is 0.537. The van der Waals surface area contributed by atoms with Gasteiger partial charge in [0.15, 0.2) is 11.5 Å². The van der Waals surface area contributed by atoms with Crippen LogP contribution in [0, 0.1) is 6.42 Å². The number of fused-ring (bicyclic) bond motifs is 1. The van der Waals surface area contributed by atoms with Crippen molar-refractivity contribution < 1.29 is 8.83 Å². The molecule has 1 aliphatic rings. The third-order valence-electron chi connectivity index (χ3n) is 1.51. The Morgan fingerprint density at radius 2 is 2.30 bits per heavy atom. The summed E-state index contributed by atoms with van der Waals surface area (Å²) in [6.07, 6.45) is 5.57. The second-order valence-corrected chi connectivity index (χ2v) is 2.24. The van der Waals surface area contributed by atoms with Gasteiger partial charge in [-0.2, -0.15) is 0 Å². The molecule has 0 bridgehead atoms. The first kappa shape index (κ1) is 5.77. The van der Waals surface area contributed by atoms with Crippen LogP contribution >= 0.6 is 0 Å². The van der Waals surface area contributed by atoms with Crippen molar-refractivity contribution in [3.05, 3.63) is 28.6 Å². The Kier molecular flexibility index (Phi) is 1.16. The van der Waals surface area contributed by atoms with E-state index in [0.29, 0.717) is 11.5 Å². The van der Waals surface area contributed by atoms with E-state index < -0.39 is 5.82 Å². The molecule has 2 rings (SSSR count). The molecule has 1 aliphatic carbocycles. The Morgan fingerprint density at radius 1 is 1.40 bits per heavy atom. The molecular formula is C7H6O3. The molecule has 0 aromatic carbocycles. The minimum atomic E-state index is -0.612. The van der Waals surface area contributed by atoms with Crippen LogP contribution in [-0.2, 0) is 6.42 Å². The monoisotopic (exact) mass is 138 g/mol. The average molecular weight is 138 g/mol. The molecule has 3 heteroatoms. The molecule has 0 N–H and O–H groups in total. The van der Waals surface area contributed by atoms with Gasteiger partial charge in [-0.25, -0.2) is 4.79 Å². The zero-order valence-electron chi connectivity index (χ0n) is 5.35. The fraction of sp³-hybridized carbons (Fsp3) is 0.429. The predicted molar refractivity (Wildman–Crippen MR) is 32.5 cm³/mol. The van der Waals surface area contributed by atoms with E-state index in [1.165, 1.54) is 0 Å². The highest BCUT2D eigenvalue weighted by molar-refractivity contribution is 5.16. The summed E-state index contributed by atoms with van der Waals surface area (Å²) in [5, 5.41) is 0. The Morgan fingerprint density at radius 3 is 3.10 bits per heavy atom. The third kappa shape index (κ3) is 0.781. The van der Waals surface area contributed by atoms with E-state index in [2.05, 4.69) is 10.8 Å². The first-order valence-corrected chi connectivity index (χ1v) is 3.23. The largest absolute Gasteiger partial charge is 0.519 e. The maximum atomic E-state index is 10.5. The second kappa shape index (κ2) is 2.01. The zero-order chi connectivity index (χ0) is 6.97. The van der Waals surface area contributed by atoms with E-state index in [-0.39, 0.29) is 0 Å². The van der Waals surface area contributed by atoms with Crippen LogP contribution in [0.3, 0.4) is 0 Å². The highest BCUT2D eigenvalue weighted by Crippen LogP contribution is 2.20. The fourth-order valence-corrected chi connectivity index (χ4v) is 1.06. The lowest BCUT2D eigenvalue weighted by Crippen LogP contribution is -1.95. The smallest absolute Gasteiger partial charge is 0.396 e. The number of rotatable bonds is 0. The van der Waals surface area contributed by atoms with Gasteiger partial charge in [-0.15, -0.1) is 0 Å². The fourth-order valence-electron chi connectivity index (χ4n) is 1.06. The van der Waals surface area contributed by atoms with Crippen LogP contribution in [0.15, 0.2) is 13.6 Å². The summed E-state index contributed by atoms with van der Waals surface area (Å²) in [6, 6.07) is 0. The third-order valence-corrected chi connectivity index (χ3v) is 1.51. The minimum Gasteiger partial charge on any atom is -0.396 e. The number of hydrogen-bond donors (Lipinski definition) is 0. The normalized spacial score (nSPS) is 16.8. The molecule has 3 nitrogen and oxygen atoms in total. The molecule has 52 valence electrons. The van der Waals surface area contributed by atoms with Gasteiger partial charge < -0.3 is 8.83 Å². The predicted octanol–water partition coefficient (Wildman–Crippen LogP) is 0.998. The summed E-state index contributed by atoms with van der Waals surface area (Å²) in [7, 11) is 0. The van der Waals surface area contributed by atoms with Crippen molar-refractivity contribution in [1.29, 1.82) is 0 Å². The molecular weight excluding hydrogens is 132 g/mol. The first-order valence-electron chi connectivity index (χ1n) is 3.23. The van der Waals surface area contributed by atoms with Gasteiger partial charge in [0, 0.05) is 6.42 Å². The van der Waals surface area contributed by atoms with E-state index >= 15 is 0 Å². The highest BCUT2D eigenvalue weighted by Gasteiger charge is 2.16. The molecule has 1 aromatic rings. The van der Waals surface area contributed by atoms with Crippen LogP contribution in [0.2, 0.25) is 0 Å². The molecule has 2 radical (unpaired) electrons. The summed E-state index contributed by atoms with van der Waals surface area (Å²) >= 11 is 0. The summed E-state index contributed by atoms with van der Waals surface area (Å²) in [6.45, 7) is 0. The van der Waals surface area contributed by atoms with Crippen molar-refractivity contribution in [3.8, 4) is 0 Å². The van der Waals surface area contributed by atoms with Crippen LogP contribution in [0.5, 0.6) is 0 Å². The lowest BCUT2D eigenvalue weighted by molar-refractivity contribution is 0.372. The molecule has 0 aliphatic heterocycles. The SMILES string of the molecule is O=c1oc2c(o1)CCC[C]2. The van der Waals surface area contributed by atoms with Crippen molar-refractivity contribution in [3.63, 3.8) is 0 Å². The molecule has 1 heterocycles. The maximum Gasteiger partial charge on any atom is 0.519 e.